The summed E-state index contributed by atoms with van der Waals surface area (Å²) in [6, 6.07) is 4.17. The molecule has 0 bridgehead atoms. The van der Waals surface area contributed by atoms with Crippen molar-refractivity contribution in [2.24, 2.45) is 0 Å². The van der Waals surface area contributed by atoms with Crippen molar-refractivity contribution in [3.05, 3.63) is 34.4 Å². The topological polar surface area (TPSA) is 121 Å². The van der Waals surface area contributed by atoms with E-state index in [9.17, 15) is 18.5 Å². The fourth-order valence-corrected chi connectivity index (χ4v) is 1.28. The quantitative estimate of drug-likeness (QED) is 0.272. The lowest BCUT2D eigenvalue weighted by Gasteiger charge is -1.95. The highest BCUT2D eigenvalue weighted by atomic mass is 32.2. The van der Waals surface area contributed by atoms with Crippen LogP contribution in [0.2, 0.25) is 0 Å². The summed E-state index contributed by atoms with van der Waals surface area (Å²) in [4.78, 5) is 8.98. The number of non-ortho nitro benzene ring substituents is 1. The number of hydrogen-bond donors (Lipinski definition) is 2. The van der Waals surface area contributed by atoms with Gasteiger partial charge in [-0.15, -0.1) is 0 Å². The van der Waals surface area contributed by atoms with Gasteiger partial charge in [0, 0.05) is 12.1 Å². The number of thiocyanates is 1. The third kappa shape index (κ3) is 4.74. The molecule has 0 amide bonds. The lowest BCUT2D eigenvalue weighted by molar-refractivity contribution is -0.385. The molecule has 0 spiro atoms. The number of hydrogen-bond acceptors (Lipinski definition) is 6. The van der Waals surface area contributed by atoms with Gasteiger partial charge < -0.3 is 0 Å². The third-order valence-electron chi connectivity index (χ3n) is 1.33. The maximum absolute atomic E-state index is 10.5. The summed E-state index contributed by atoms with van der Waals surface area (Å²) >= 11 is 3.09. The van der Waals surface area contributed by atoms with Gasteiger partial charge in [0.2, 0.25) is 0 Å². The summed E-state index contributed by atoms with van der Waals surface area (Å²) in [6.45, 7) is 0. The first-order valence-corrected chi connectivity index (χ1v) is 5.46. The van der Waals surface area contributed by atoms with Crippen molar-refractivity contribution in [3.63, 3.8) is 0 Å². The second kappa shape index (κ2) is 6.06. The van der Waals surface area contributed by atoms with Gasteiger partial charge in [-0.05, 0) is 6.07 Å². The Labute approximate surface area is 96.6 Å². The molecule has 0 radical (unpaired) electrons. The van der Waals surface area contributed by atoms with E-state index in [0.717, 1.165) is 18.2 Å². The van der Waals surface area contributed by atoms with E-state index in [1.807, 2.05) is 0 Å². The van der Waals surface area contributed by atoms with Gasteiger partial charge in [0.25, 0.3) is 15.8 Å². The molecule has 16 heavy (non-hydrogen) atoms. The van der Waals surface area contributed by atoms with E-state index in [1.54, 1.807) is 0 Å². The van der Waals surface area contributed by atoms with Crippen LogP contribution in [0.3, 0.4) is 0 Å². The Kier molecular flexibility index (Phi) is 5.44. The molecule has 0 aliphatic rings. The van der Waals surface area contributed by atoms with Gasteiger partial charge in [-0.25, -0.2) is 0 Å². The zero-order valence-electron chi connectivity index (χ0n) is 7.64. The summed E-state index contributed by atoms with van der Waals surface area (Å²) in [7, 11) is -4.36. The number of thiol groups is 1. The molecule has 0 heterocycles. The molecule has 0 aromatic heterocycles. The Balaban J connectivity index is 0.000000673. The van der Waals surface area contributed by atoms with Gasteiger partial charge in [0.1, 0.15) is 10.3 Å². The predicted molar refractivity (Wildman–Crippen MR) is 57.5 cm³/mol. The molecule has 0 unspecified atom stereocenters. The molecule has 0 saturated heterocycles. The monoisotopic (exact) mass is 262 g/mol. The number of nitro benzene ring substituents is 1. The maximum atomic E-state index is 10.5. The summed E-state index contributed by atoms with van der Waals surface area (Å²) < 4.78 is 29.6. The first-order valence-electron chi connectivity index (χ1n) is 3.58. The van der Waals surface area contributed by atoms with Crippen molar-refractivity contribution in [3.8, 4) is 5.40 Å². The van der Waals surface area contributed by atoms with Crippen molar-refractivity contribution in [1.82, 2.24) is 0 Å². The number of nitriles is 1. The van der Waals surface area contributed by atoms with Crippen LogP contribution in [0.5, 0.6) is 0 Å². The van der Waals surface area contributed by atoms with Crippen molar-refractivity contribution >= 4 is 28.4 Å². The van der Waals surface area contributed by atoms with Crippen LogP contribution in [-0.2, 0) is 10.1 Å². The van der Waals surface area contributed by atoms with E-state index in [2.05, 4.69) is 12.6 Å². The van der Waals surface area contributed by atoms with Crippen LogP contribution < -0.4 is 0 Å². The zero-order valence-corrected chi connectivity index (χ0v) is 9.35. The van der Waals surface area contributed by atoms with Crippen molar-refractivity contribution in [2.45, 2.75) is 4.90 Å². The number of benzene rings is 1. The Morgan fingerprint density at radius 3 is 2.38 bits per heavy atom. The standard InChI is InChI=1S/C6H5NO5S.CHNS/c8-7(9)5-2-1-3-6(4-5)13(10,11)12;2-1-3/h1-4H,(H,10,11,12);3H. The Morgan fingerprint density at radius 2 is 2.00 bits per heavy atom. The van der Waals surface area contributed by atoms with Crippen LogP contribution >= 0.6 is 12.6 Å². The third-order valence-corrected chi connectivity index (χ3v) is 2.18. The van der Waals surface area contributed by atoms with E-state index >= 15 is 0 Å². The highest BCUT2D eigenvalue weighted by molar-refractivity contribution is 7.85. The summed E-state index contributed by atoms with van der Waals surface area (Å²) in [5.74, 6) is 0. The van der Waals surface area contributed by atoms with Gasteiger partial charge in [0.05, 0.1) is 4.92 Å². The number of nitro groups is 1. The molecule has 9 heteroatoms. The first-order chi connectivity index (χ1) is 7.32. The molecule has 1 aromatic rings. The van der Waals surface area contributed by atoms with Crippen LogP contribution in [0.25, 0.3) is 0 Å². The minimum atomic E-state index is -4.36. The molecule has 0 aliphatic carbocycles. The van der Waals surface area contributed by atoms with E-state index in [1.165, 1.54) is 11.5 Å². The Morgan fingerprint density at radius 1 is 1.50 bits per heavy atom. The maximum Gasteiger partial charge on any atom is 0.294 e. The molecule has 86 valence electrons. The fraction of sp³-hybridized carbons (Fsp3) is 0. The van der Waals surface area contributed by atoms with Crippen molar-refractivity contribution in [1.29, 1.82) is 5.26 Å². The van der Waals surface area contributed by atoms with Gasteiger partial charge in [-0.2, -0.15) is 13.7 Å². The fourth-order valence-electron chi connectivity index (χ4n) is 0.758. The molecular weight excluding hydrogens is 256 g/mol. The van der Waals surface area contributed by atoms with Gasteiger partial charge >= 0.3 is 0 Å². The van der Waals surface area contributed by atoms with Crippen molar-refractivity contribution in [2.75, 3.05) is 0 Å². The SMILES string of the molecule is N#CS.O=[N+]([O-])c1cccc(S(=O)(=O)O)c1. The summed E-state index contributed by atoms with van der Waals surface area (Å²) in [6.07, 6.45) is 0. The second-order valence-electron chi connectivity index (χ2n) is 2.33. The van der Waals surface area contributed by atoms with Crippen molar-refractivity contribution < 1.29 is 17.9 Å². The van der Waals surface area contributed by atoms with E-state index in [-0.39, 0.29) is 5.69 Å². The van der Waals surface area contributed by atoms with Crippen LogP contribution in [0.1, 0.15) is 0 Å². The molecule has 1 N–H and O–H groups in total. The van der Waals surface area contributed by atoms with Crippen LogP contribution in [0.4, 0.5) is 5.69 Å². The molecule has 7 nitrogen and oxygen atoms in total. The van der Waals surface area contributed by atoms with E-state index in [0.29, 0.717) is 0 Å². The van der Waals surface area contributed by atoms with Gasteiger partial charge in [0.15, 0.2) is 0 Å². The lowest BCUT2D eigenvalue weighted by atomic mass is 10.3. The van der Waals surface area contributed by atoms with Crippen LogP contribution in [0.15, 0.2) is 29.2 Å². The Hall–Kier alpha value is -1.63. The molecule has 0 saturated carbocycles. The Bertz CT molecular complexity index is 520. The largest absolute Gasteiger partial charge is 0.294 e. The molecule has 1 aromatic carbocycles. The molecule has 0 atom stereocenters. The molecule has 0 aliphatic heterocycles. The first kappa shape index (κ1) is 14.4. The molecule has 1 rings (SSSR count). The average molecular weight is 262 g/mol. The summed E-state index contributed by atoms with van der Waals surface area (Å²) in [5.41, 5.74) is -0.380. The number of nitrogens with zero attached hydrogens (tertiary/aromatic N) is 2. The predicted octanol–water partition coefficient (Wildman–Crippen LogP) is 1.24. The molecule has 0 fully saturated rings. The minimum Gasteiger partial charge on any atom is -0.282 e. The van der Waals surface area contributed by atoms with Crippen LogP contribution in [0, 0.1) is 20.8 Å². The van der Waals surface area contributed by atoms with Gasteiger partial charge in [-0.3, -0.25) is 14.7 Å². The summed E-state index contributed by atoms with van der Waals surface area (Å²) in [5, 5.41) is 18.8. The second-order valence-corrected chi connectivity index (χ2v) is 3.95. The van der Waals surface area contributed by atoms with E-state index in [4.69, 9.17) is 9.81 Å². The minimum absolute atomic E-state index is 0.380. The normalized spacial score (nSPS) is 9.56. The zero-order chi connectivity index (χ0) is 12.8. The highest BCUT2D eigenvalue weighted by Crippen LogP contribution is 2.16. The highest BCUT2D eigenvalue weighted by Gasteiger charge is 2.13. The molecular formula is C7H6N2O5S2. The smallest absolute Gasteiger partial charge is 0.282 e. The lowest BCUT2D eigenvalue weighted by Crippen LogP contribution is -1.98. The number of rotatable bonds is 2. The average Bonchev–Trinajstić information content (AvgIpc) is 2.18. The van der Waals surface area contributed by atoms with Gasteiger partial charge in [-0.1, -0.05) is 18.7 Å². The van der Waals surface area contributed by atoms with Crippen LogP contribution in [-0.4, -0.2) is 17.9 Å². The van der Waals surface area contributed by atoms with E-state index < -0.39 is 19.9 Å².